The third-order valence-electron chi connectivity index (χ3n) is 6.08. The van der Waals surface area contributed by atoms with Crippen LogP contribution >= 0.6 is 34.8 Å². The molecule has 5 rings (SSSR count). The lowest BCUT2D eigenvalue weighted by Gasteiger charge is -2.29. The molecule has 0 aliphatic carbocycles. The van der Waals surface area contributed by atoms with E-state index < -0.39 is 17.6 Å². The Bertz CT molecular complexity index is 1630. The second-order valence-electron chi connectivity index (χ2n) is 8.62. The first-order valence-corrected chi connectivity index (χ1v) is 13.6. The molecule has 0 spiro atoms. The van der Waals surface area contributed by atoms with Crippen LogP contribution in [0.5, 0.6) is 11.5 Å². The SMILES string of the molecule is CCOc1cc(/C=C2/C(=O)NC(=S)N(c3ccc(F)cc3)C2=O)cc(I)c1OCc1cccc2ccccc12. The van der Waals surface area contributed by atoms with Crippen LogP contribution in [0.4, 0.5) is 10.1 Å². The van der Waals surface area contributed by atoms with E-state index in [0.29, 0.717) is 36.0 Å². The molecule has 0 saturated carbocycles. The predicted molar refractivity (Wildman–Crippen MR) is 161 cm³/mol. The third-order valence-corrected chi connectivity index (χ3v) is 7.17. The van der Waals surface area contributed by atoms with Crippen LogP contribution in [-0.4, -0.2) is 23.5 Å². The van der Waals surface area contributed by atoms with E-state index in [1.165, 1.54) is 30.3 Å². The molecule has 1 saturated heterocycles. The fourth-order valence-corrected chi connectivity index (χ4v) is 5.35. The number of anilines is 1. The lowest BCUT2D eigenvalue weighted by atomic mass is 10.1. The predicted octanol–water partition coefficient (Wildman–Crippen LogP) is 6.39. The number of carbonyl (C=O) groups is 2. The summed E-state index contributed by atoms with van der Waals surface area (Å²) < 4.78 is 26.3. The maximum atomic E-state index is 13.4. The first-order valence-electron chi connectivity index (χ1n) is 12.1. The van der Waals surface area contributed by atoms with Crippen molar-refractivity contribution in [3.63, 3.8) is 0 Å². The summed E-state index contributed by atoms with van der Waals surface area (Å²) in [5.41, 5.74) is 1.85. The fourth-order valence-electron chi connectivity index (χ4n) is 4.29. The Morgan fingerprint density at radius 2 is 1.74 bits per heavy atom. The zero-order valence-corrected chi connectivity index (χ0v) is 23.7. The minimum absolute atomic E-state index is 0.0736. The quantitative estimate of drug-likeness (QED) is 0.109. The molecule has 1 N–H and O–H groups in total. The molecule has 4 aromatic carbocycles. The minimum atomic E-state index is -0.618. The van der Waals surface area contributed by atoms with Gasteiger partial charge < -0.3 is 9.47 Å². The van der Waals surface area contributed by atoms with Gasteiger partial charge in [-0.3, -0.25) is 19.8 Å². The smallest absolute Gasteiger partial charge is 0.270 e. The standard InChI is InChI=1S/C30H22FIN2O4S/c1-2-37-26-16-18(14-24-28(35)33-30(39)34(29(24)36)22-12-10-21(31)11-13-22)15-25(32)27(26)38-17-20-8-5-7-19-6-3-4-9-23(19)20/h3-16H,2,17H2,1H3,(H,33,35,39)/b24-14-. The van der Waals surface area contributed by atoms with Crippen molar-refractivity contribution in [2.75, 3.05) is 11.5 Å². The highest BCUT2D eigenvalue weighted by atomic mass is 127. The summed E-state index contributed by atoms with van der Waals surface area (Å²) in [5.74, 6) is -0.617. The lowest BCUT2D eigenvalue weighted by Crippen LogP contribution is -2.54. The van der Waals surface area contributed by atoms with Crippen molar-refractivity contribution in [3.05, 3.63) is 105 Å². The second-order valence-corrected chi connectivity index (χ2v) is 10.2. The number of rotatable bonds is 7. The highest BCUT2D eigenvalue weighted by molar-refractivity contribution is 14.1. The van der Waals surface area contributed by atoms with Gasteiger partial charge in [-0.15, -0.1) is 0 Å². The maximum absolute atomic E-state index is 13.4. The number of nitrogens with one attached hydrogen (secondary N) is 1. The van der Waals surface area contributed by atoms with Crippen molar-refractivity contribution in [1.29, 1.82) is 0 Å². The van der Waals surface area contributed by atoms with Crippen LogP contribution in [0.15, 0.2) is 84.4 Å². The number of thiocarbonyl (C=S) groups is 1. The molecule has 1 heterocycles. The number of hydrogen-bond acceptors (Lipinski definition) is 5. The van der Waals surface area contributed by atoms with Gasteiger partial charge in [-0.25, -0.2) is 4.39 Å². The fraction of sp³-hybridized carbons (Fsp3) is 0.100. The molecular formula is C30H22FIN2O4S. The van der Waals surface area contributed by atoms with Crippen molar-refractivity contribution in [2.45, 2.75) is 13.5 Å². The van der Waals surface area contributed by atoms with E-state index in [2.05, 4.69) is 46.1 Å². The van der Waals surface area contributed by atoms with Gasteiger partial charge in [0.15, 0.2) is 16.6 Å². The molecule has 196 valence electrons. The maximum Gasteiger partial charge on any atom is 0.270 e. The van der Waals surface area contributed by atoms with Gasteiger partial charge in [0.05, 0.1) is 15.9 Å². The topological polar surface area (TPSA) is 67.9 Å². The van der Waals surface area contributed by atoms with E-state index in [1.54, 1.807) is 6.07 Å². The Kier molecular flexibility index (Phi) is 7.89. The molecule has 6 nitrogen and oxygen atoms in total. The van der Waals surface area contributed by atoms with Crippen LogP contribution in [0.2, 0.25) is 0 Å². The normalized spacial score (nSPS) is 14.6. The molecule has 0 bridgehead atoms. The number of carbonyl (C=O) groups excluding carboxylic acids is 2. The van der Waals surface area contributed by atoms with Crippen LogP contribution in [0.1, 0.15) is 18.1 Å². The van der Waals surface area contributed by atoms with E-state index >= 15 is 0 Å². The second kappa shape index (κ2) is 11.5. The first kappa shape index (κ1) is 26.8. The van der Waals surface area contributed by atoms with E-state index in [9.17, 15) is 14.0 Å². The molecule has 4 aromatic rings. The number of fused-ring (bicyclic) bond motifs is 1. The monoisotopic (exact) mass is 652 g/mol. The Hall–Kier alpha value is -3.83. The number of benzene rings is 4. The van der Waals surface area contributed by atoms with E-state index in [4.69, 9.17) is 21.7 Å². The summed E-state index contributed by atoms with van der Waals surface area (Å²) in [5, 5.41) is 4.71. The van der Waals surface area contributed by atoms with E-state index in [-0.39, 0.29) is 10.7 Å². The first-order chi connectivity index (χ1) is 18.9. The van der Waals surface area contributed by atoms with Gasteiger partial charge in [-0.05, 0) is 106 Å². The minimum Gasteiger partial charge on any atom is -0.490 e. The van der Waals surface area contributed by atoms with Gasteiger partial charge in [0.25, 0.3) is 11.8 Å². The number of ether oxygens (including phenoxy) is 2. The molecule has 1 aliphatic heterocycles. The Balaban J connectivity index is 1.46. The molecule has 39 heavy (non-hydrogen) atoms. The molecule has 0 aromatic heterocycles. The van der Waals surface area contributed by atoms with Crippen LogP contribution in [0.3, 0.4) is 0 Å². The zero-order chi connectivity index (χ0) is 27.5. The average Bonchev–Trinajstić information content (AvgIpc) is 2.92. The van der Waals surface area contributed by atoms with Crippen molar-refractivity contribution >= 4 is 74.3 Å². The number of nitrogens with zero attached hydrogens (tertiary/aromatic N) is 1. The number of halogens is 2. The Labute approximate surface area is 243 Å². The zero-order valence-electron chi connectivity index (χ0n) is 20.7. The van der Waals surface area contributed by atoms with Crippen LogP contribution in [0, 0.1) is 9.39 Å². The molecule has 0 unspecified atom stereocenters. The van der Waals surface area contributed by atoms with Crippen molar-refractivity contribution in [1.82, 2.24) is 5.32 Å². The van der Waals surface area contributed by atoms with E-state index in [1.807, 2.05) is 37.3 Å². The molecule has 2 amide bonds. The lowest BCUT2D eigenvalue weighted by molar-refractivity contribution is -0.122. The average molecular weight is 652 g/mol. The molecule has 0 radical (unpaired) electrons. The molecule has 0 atom stereocenters. The molecule has 1 fully saturated rings. The van der Waals surface area contributed by atoms with Gasteiger partial charge in [-0.1, -0.05) is 42.5 Å². The van der Waals surface area contributed by atoms with Crippen LogP contribution in [0.25, 0.3) is 16.8 Å². The highest BCUT2D eigenvalue weighted by Crippen LogP contribution is 2.36. The Morgan fingerprint density at radius 3 is 2.51 bits per heavy atom. The van der Waals surface area contributed by atoms with Gasteiger partial charge in [0.2, 0.25) is 0 Å². The summed E-state index contributed by atoms with van der Waals surface area (Å²) in [6.45, 7) is 2.60. The van der Waals surface area contributed by atoms with E-state index in [0.717, 1.165) is 24.8 Å². The molecular weight excluding hydrogens is 630 g/mol. The van der Waals surface area contributed by atoms with Gasteiger partial charge in [0, 0.05) is 0 Å². The molecule has 1 aliphatic rings. The van der Waals surface area contributed by atoms with Gasteiger partial charge in [-0.2, -0.15) is 0 Å². The largest absolute Gasteiger partial charge is 0.490 e. The van der Waals surface area contributed by atoms with Crippen LogP contribution in [-0.2, 0) is 16.2 Å². The molecule has 9 heteroatoms. The summed E-state index contributed by atoms with van der Waals surface area (Å²) in [4.78, 5) is 27.2. The van der Waals surface area contributed by atoms with Crippen molar-refractivity contribution in [2.24, 2.45) is 0 Å². The number of amides is 2. The summed E-state index contributed by atoms with van der Waals surface area (Å²) in [7, 11) is 0. The summed E-state index contributed by atoms with van der Waals surface area (Å²) >= 11 is 7.37. The summed E-state index contributed by atoms with van der Waals surface area (Å²) in [6.07, 6.45) is 1.48. The third kappa shape index (κ3) is 5.64. The summed E-state index contributed by atoms with van der Waals surface area (Å²) in [6, 6.07) is 23.0. The van der Waals surface area contributed by atoms with Crippen LogP contribution < -0.4 is 19.7 Å². The number of hydrogen-bond donors (Lipinski definition) is 1. The van der Waals surface area contributed by atoms with Gasteiger partial charge in [0.1, 0.15) is 18.0 Å². The highest BCUT2D eigenvalue weighted by Gasteiger charge is 2.34. The Morgan fingerprint density at radius 1 is 1.00 bits per heavy atom. The van der Waals surface area contributed by atoms with Crippen molar-refractivity contribution in [3.8, 4) is 11.5 Å². The van der Waals surface area contributed by atoms with Gasteiger partial charge >= 0.3 is 0 Å². The van der Waals surface area contributed by atoms with Crippen molar-refractivity contribution < 1.29 is 23.5 Å².